The summed E-state index contributed by atoms with van der Waals surface area (Å²) in [5.74, 6) is 6.20. The zero-order valence-corrected chi connectivity index (χ0v) is 9.25. The molecule has 1 atom stereocenters. The van der Waals surface area contributed by atoms with Gasteiger partial charge in [-0.25, -0.2) is 0 Å². The largest absolute Gasteiger partial charge is 0.271 e. The normalized spacial score (nSPS) is 13.2. The third kappa shape index (κ3) is 3.13. The quantitative estimate of drug-likeness (QED) is 0.568. The Kier molecular flexibility index (Phi) is 4.11. The predicted molar refractivity (Wildman–Crippen MR) is 60.7 cm³/mol. The minimum Gasteiger partial charge on any atom is -0.271 e. The van der Waals surface area contributed by atoms with E-state index >= 15 is 0 Å². The van der Waals surface area contributed by atoms with Gasteiger partial charge in [0.2, 0.25) is 0 Å². The second-order valence-corrected chi connectivity index (χ2v) is 4.26. The first-order valence-corrected chi connectivity index (χ1v) is 5.16. The molecule has 0 aliphatic heterocycles. The molecule has 0 radical (unpaired) electrons. The lowest BCUT2D eigenvalue weighted by Gasteiger charge is -2.18. The van der Waals surface area contributed by atoms with Crippen LogP contribution in [0.1, 0.15) is 37.4 Å². The molecule has 0 aliphatic rings. The zero-order valence-electron chi connectivity index (χ0n) is 9.25. The van der Waals surface area contributed by atoms with E-state index in [9.17, 15) is 0 Å². The van der Waals surface area contributed by atoms with Gasteiger partial charge >= 0.3 is 0 Å². The maximum absolute atomic E-state index is 5.55. The van der Waals surface area contributed by atoms with Crippen LogP contribution in [-0.4, -0.2) is 0 Å². The second kappa shape index (κ2) is 5.13. The van der Waals surface area contributed by atoms with Crippen molar-refractivity contribution in [3.63, 3.8) is 0 Å². The average Bonchev–Trinajstić information content (AvgIpc) is 2.14. The molecule has 0 aliphatic carbocycles. The molecule has 1 aromatic rings. The van der Waals surface area contributed by atoms with Crippen molar-refractivity contribution in [2.24, 2.45) is 11.8 Å². The van der Waals surface area contributed by atoms with Gasteiger partial charge in [0.25, 0.3) is 0 Å². The molecule has 0 heterocycles. The first-order chi connectivity index (χ1) is 6.63. The number of rotatable bonds is 4. The molecule has 0 amide bonds. The minimum atomic E-state index is 0.273. The maximum atomic E-state index is 5.55. The molecule has 1 aromatic carbocycles. The summed E-state index contributed by atoms with van der Waals surface area (Å²) in [6.07, 6.45) is 1.07. The number of hydrazine groups is 1. The number of hydrogen-bond donors (Lipinski definition) is 2. The summed E-state index contributed by atoms with van der Waals surface area (Å²) >= 11 is 0. The first-order valence-electron chi connectivity index (χ1n) is 5.16. The predicted octanol–water partition coefficient (Wildman–Crippen LogP) is 2.55. The first kappa shape index (κ1) is 11.2. The van der Waals surface area contributed by atoms with E-state index in [4.69, 9.17) is 5.84 Å². The summed E-state index contributed by atoms with van der Waals surface area (Å²) in [5.41, 5.74) is 5.44. The van der Waals surface area contributed by atoms with Gasteiger partial charge in [-0.1, -0.05) is 43.7 Å². The van der Waals surface area contributed by atoms with Crippen molar-refractivity contribution in [1.82, 2.24) is 5.43 Å². The van der Waals surface area contributed by atoms with E-state index in [1.807, 2.05) is 0 Å². The van der Waals surface area contributed by atoms with Crippen molar-refractivity contribution in [1.29, 1.82) is 0 Å². The summed E-state index contributed by atoms with van der Waals surface area (Å²) < 4.78 is 0. The van der Waals surface area contributed by atoms with Gasteiger partial charge in [0.05, 0.1) is 0 Å². The van der Waals surface area contributed by atoms with E-state index in [2.05, 4.69) is 50.5 Å². The molecule has 3 N–H and O–H groups in total. The van der Waals surface area contributed by atoms with Crippen LogP contribution in [0.25, 0.3) is 0 Å². The molecule has 1 rings (SSSR count). The highest BCUT2D eigenvalue weighted by molar-refractivity contribution is 5.24. The van der Waals surface area contributed by atoms with Crippen LogP contribution in [0.3, 0.4) is 0 Å². The highest BCUT2D eigenvalue weighted by atomic mass is 15.2. The number of benzene rings is 1. The molecule has 0 saturated carbocycles. The van der Waals surface area contributed by atoms with Gasteiger partial charge in [0.1, 0.15) is 0 Å². The average molecular weight is 192 g/mol. The summed E-state index contributed by atoms with van der Waals surface area (Å²) in [5, 5.41) is 0. The molecule has 0 aromatic heterocycles. The summed E-state index contributed by atoms with van der Waals surface area (Å²) in [4.78, 5) is 0. The SMILES string of the molecule is Cc1cccc(C(CC(C)C)NN)c1. The molecule has 14 heavy (non-hydrogen) atoms. The van der Waals surface area contributed by atoms with Crippen molar-refractivity contribution in [3.05, 3.63) is 35.4 Å². The number of nitrogens with two attached hydrogens (primary N) is 1. The monoisotopic (exact) mass is 192 g/mol. The molecule has 2 nitrogen and oxygen atoms in total. The van der Waals surface area contributed by atoms with Gasteiger partial charge in [-0.05, 0) is 24.8 Å². The standard InChI is InChI=1S/C12H20N2/c1-9(2)7-12(14-13)11-6-4-5-10(3)8-11/h4-6,8-9,12,14H,7,13H2,1-3H3. The number of nitrogens with one attached hydrogen (secondary N) is 1. The highest BCUT2D eigenvalue weighted by Gasteiger charge is 2.10. The topological polar surface area (TPSA) is 38.0 Å². The van der Waals surface area contributed by atoms with Crippen LogP contribution in [0.5, 0.6) is 0 Å². The maximum Gasteiger partial charge on any atom is 0.0462 e. The highest BCUT2D eigenvalue weighted by Crippen LogP contribution is 2.20. The van der Waals surface area contributed by atoms with E-state index < -0.39 is 0 Å². The van der Waals surface area contributed by atoms with Crippen LogP contribution in [0.15, 0.2) is 24.3 Å². The van der Waals surface area contributed by atoms with Crippen LogP contribution in [0.4, 0.5) is 0 Å². The Hall–Kier alpha value is -0.860. The Morgan fingerprint density at radius 1 is 1.36 bits per heavy atom. The van der Waals surface area contributed by atoms with Gasteiger partial charge in [0, 0.05) is 6.04 Å². The molecule has 0 saturated heterocycles. The Balaban J connectivity index is 2.78. The fourth-order valence-corrected chi connectivity index (χ4v) is 1.66. The fraction of sp³-hybridized carbons (Fsp3) is 0.500. The van der Waals surface area contributed by atoms with E-state index in [1.165, 1.54) is 11.1 Å². The summed E-state index contributed by atoms with van der Waals surface area (Å²) in [7, 11) is 0. The van der Waals surface area contributed by atoms with Crippen molar-refractivity contribution in [3.8, 4) is 0 Å². The number of aryl methyl sites for hydroxylation is 1. The lowest BCUT2D eigenvalue weighted by molar-refractivity contribution is 0.438. The van der Waals surface area contributed by atoms with E-state index in [0.29, 0.717) is 5.92 Å². The molecular formula is C12H20N2. The second-order valence-electron chi connectivity index (χ2n) is 4.26. The molecule has 0 bridgehead atoms. The van der Waals surface area contributed by atoms with Crippen molar-refractivity contribution in [2.75, 3.05) is 0 Å². The smallest absolute Gasteiger partial charge is 0.0462 e. The van der Waals surface area contributed by atoms with Crippen molar-refractivity contribution in [2.45, 2.75) is 33.2 Å². The van der Waals surface area contributed by atoms with Crippen LogP contribution in [-0.2, 0) is 0 Å². The molecule has 0 spiro atoms. The van der Waals surface area contributed by atoms with Crippen molar-refractivity contribution < 1.29 is 0 Å². The van der Waals surface area contributed by atoms with Crippen LogP contribution < -0.4 is 11.3 Å². The molecule has 2 heteroatoms. The zero-order chi connectivity index (χ0) is 10.6. The molecule has 1 unspecified atom stereocenters. The molecule has 0 fully saturated rings. The van der Waals surface area contributed by atoms with Gasteiger partial charge in [0.15, 0.2) is 0 Å². The summed E-state index contributed by atoms with van der Waals surface area (Å²) in [6, 6.07) is 8.77. The third-order valence-corrected chi connectivity index (χ3v) is 2.35. The Morgan fingerprint density at radius 3 is 2.57 bits per heavy atom. The fourth-order valence-electron chi connectivity index (χ4n) is 1.66. The van der Waals surface area contributed by atoms with Gasteiger partial charge in [-0.15, -0.1) is 0 Å². The molecular weight excluding hydrogens is 172 g/mol. The molecule has 78 valence electrons. The van der Waals surface area contributed by atoms with E-state index in [0.717, 1.165) is 6.42 Å². The van der Waals surface area contributed by atoms with E-state index in [-0.39, 0.29) is 6.04 Å². The van der Waals surface area contributed by atoms with Crippen LogP contribution >= 0.6 is 0 Å². The van der Waals surface area contributed by atoms with Gasteiger partial charge < -0.3 is 0 Å². The third-order valence-electron chi connectivity index (χ3n) is 2.35. The summed E-state index contributed by atoms with van der Waals surface area (Å²) in [6.45, 7) is 6.52. The lowest BCUT2D eigenvalue weighted by atomic mass is 9.96. The number of hydrogen-bond acceptors (Lipinski definition) is 2. The van der Waals surface area contributed by atoms with Crippen LogP contribution in [0.2, 0.25) is 0 Å². The van der Waals surface area contributed by atoms with E-state index in [1.54, 1.807) is 0 Å². The Morgan fingerprint density at radius 2 is 2.07 bits per heavy atom. The van der Waals surface area contributed by atoms with Gasteiger partial charge in [-0.3, -0.25) is 11.3 Å². The Labute approximate surface area is 86.5 Å². The van der Waals surface area contributed by atoms with Gasteiger partial charge in [-0.2, -0.15) is 0 Å². The lowest BCUT2D eigenvalue weighted by Crippen LogP contribution is -2.29. The Bertz CT molecular complexity index is 281. The van der Waals surface area contributed by atoms with Crippen molar-refractivity contribution >= 4 is 0 Å². The van der Waals surface area contributed by atoms with Crippen LogP contribution in [0, 0.1) is 12.8 Å². The minimum absolute atomic E-state index is 0.273.